The number of benzene rings is 1. The molecule has 2 aromatic rings. The van der Waals surface area contributed by atoms with Crippen LogP contribution >= 0.6 is 11.6 Å². The molecule has 0 aliphatic heterocycles. The topological polar surface area (TPSA) is 125 Å². The number of halogens is 1. The molecule has 2 rings (SSSR count). The zero-order valence-electron chi connectivity index (χ0n) is 11.4. The Hall–Kier alpha value is -2.58. The van der Waals surface area contributed by atoms with Gasteiger partial charge in [0, 0.05) is 22.9 Å². The third kappa shape index (κ3) is 3.61. The van der Waals surface area contributed by atoms with Crippen molar-refractivity contribution in [3.05, 3.63) is 58.9 Å². The predicted octanol–water partition coefficient (Wildman–Crippen LogP) is 2.21. The number of carbonyl (C=O) groups excluding carboxylic acids is 1. The lowest BCUT2D eigenvalue weighted by Gasteiger charge is -2.01. The molecule has 7 nitrogen and oxygen atoms in total. The molecule has 1 aromatic heterocycles. The van der Waals surface area contributed by atoms with Gasteiger partial charge in [-0.25, -0.2) is 13.2 Å². The number of aliphatic carboxylic acids is 1. The van der Waals surface area contributed by atoms with Gasteiger partial charge in [0.2, 0.25) is 15.6 Å². The Morgan fingerprint density at radius 1 is 1.13 bits per heavy atom. The summed E-state index contributed by atoms with van der Waals surface area (Å²) in [6.07, 6.45) is 1.60. The van der Waals surface area contributed by atoms with E-state index in [1.54, 1.807) is 0 Å². The maximum atomic E-state index is 12.4. The Labute approximate surface area is 135 Å². The second-order valence-corrected chi connectivity index (χ2v) is 6.76. The van der Waals surface area contributed by atoms with Crippen LogP contribution in [0.3, 0.4) is 0 Å². The first kappa shape index (κ1) is 16.8. The summed E-state index contributed by atoms with van der Waals surface area (Å²) in [4.78, 5) is 24.6. The second-order valence-electron chi connectivity index (χ2n) is 4.41. The van der Waals surface area contributed by atoms with Gasteiger partial charge in [0.1, 0.15) is 5.03 Å². The number of ketones is 1. The Kier molecular flexibility index (Phi) is 4.57. The molecule has 0 amide bonds. The van der Waals surface area contributed by atoms with Crippen molar-refractivity contribution >= 4 is 33.2 Å². The van der Waals surface area contributed by atoms with Crippen LogP contribution < -0.4 is 0 Å². The molecule has 0 unspecified atom stereocenters. The molecule has 0 saturated carbocycles. The number of aliphatic hydroxyl groups is 1. The smallest absolute Gasteiger partial charge is 0.371 e. The molecular weight excluding hydrogens is 346 g/mol. The molecule has 0 saturated heterocycles. The van der Waals surface area contributed by atoms with Crippen molar-refractivity contribution in [2.75, 3.05) is 0 Å². The molecule has 9 heteroatoms. The fourth-order valence-electron chi connectivity index (χ4n) is 1.68. The molecule has 0 radical (unpaired) electrons. The van der Waals surface area contributed by atoms with E-state index in [1.165, 1.54) is 24.3 Å². The summed E-state index contributed by atoms with van der Waals surface area (Å²) in [6, 6.07) is 6.51. The second kappa shape index (κ2) is 6.27. The van der Waals surface area contributed by atoms with Crippen LogP contribution in [0.1, 0.15) is 10.4 Å². The Balaban J connectivity index is 2.35. The van der Waals surface area contributed by atoms with Crippen molar-refractivity contribution in [2.45, 2.75) is 9.92 Å². The first-order valence-corrected chi connectivity index (χ1v) is 7.95. The molecule has 0 bridgehead atoms. The minimum atomic E-state index is -3.88. The van der Waals surface area contributed by atoms with Gasteiger partial charge in [0.15, 0.2) is 5.78 Å². The summed E-state index contributed by atoms with van der Waals surface area (Å²) >= 11 is 5.70. The minimum Gasteiger partial charge on any atom is -0.502 e. The number of allylic oxidation sites excluding steroid dienone is 1. The van der Waals surface area contributed by atoms with Crippen molar-refractivity contribution in [2.24, 2.45) is 0 Å². The van der Waals surface area contributed by atoms with Crippen molar-refractivity contribution < 1.29 is 28.2 Å². The number of carbonyl (C=O) groups is 2. The van der Waals surface area contributed by atoms with Crippen LogP contribution in [0.15, 0.2) is 58.3 Å². The number of aromatic nitrogens is 1. The third-order valence-electron chi connectivity index (χ3n) is 2.84. The highest BCUT2D eigenvalue weighted by Gasteiger charge is 2.21. The van der Waals surface area contributed by atoms with Gasteiger partial charge in [0.05, 0.1) is 4.90 Å². The highest BCUT2D eigenvalue weighted by Crippen LogP contribution is 2.22. The molecule has 0 aliphatic rings. The summed E-state index contributed by atoms with van der Waals surface area (Å²) in [7, 11) is -3.88. The molecule has 1 aromatic carbocycles. The van der Waals surface area contributed by atoms with Crippen LogP contribution in [-0.2, 0) is 14.6 Å². The van der Waals surface area contributed by atoms with E-state index in [1.807, 2.05) is 0 Å². The van der Waals surface area contributed by atoms with Gasteiger partial charge in [0.25, 0.3) is 0 Å². The molecule has 120 valence electrons. The molecule has 0 spiro atoms. The van der Waals surface area contributed by atoms with E-state index in [0.717, 1.165) is 12.3 Å². The average molecular weight is 356 g/mol. The van der Waals surface area contributed by atoms with Crippen molar-refractivity contribution in [3.63, 3.8) is 0 Å². The van der Waals surface area contributed by atoms with E-state index in [9.17, 15) is 18.0 Å². The highest BCUT2D eigenvalue weighted by molar-refractivity contribution is 7.91. The van der Waals surface area contributed by atoms with Gasteiger partial charge in [-0.15, -0.1) is 0 Å². The number of hydrogen-bond donors (Lipinski definition) is 3. The number of sulfone groups is 1. The molecule has 0 aliphatic carbocycles. The highest BCUT2D eigenvalue weighted by atomic mass is 35.5. The lowest BCUT2D eigenvalue weighted by Crippen LogP contribution is -2.03. The van der Waals surface area contributed by atoms with Gasteiger partial charge < -0.3 is 15.2 Å². The van der Waals surface area contributed by atoms with Crippen molar-refractivity contribution in [3.8, 4) is 0 Å². The quantitative estimate of drug-likeness (QED) is 0.429. The van der Waals surface area contributed by atoms with Crippen LogP contribution in [0.2, 0.25) is 5.02 Å². The van der Waals surface area contributed by atoms with Gasteiger partial charge >= 0.3 is 5.97 Å². The van der Waals surface area contributed by atoms with E-state index < -0.39 is 27.3 Å². The number of nitrogens with one attached hydrogen (secondary N) is 1. The Morgan fingerprint density at radius 2 is 1.74 bits per heavy atom. The van der Waals surface area contributed by atoms with E-state index in [4.69, 9.17) is 21.8 Å². The summed E-state index contributed by atoms with van der Waals surface area (Å²) in [5.74, 6) is -3.65. The largest absolute Gasteiger partial charge is 0.502 e. The van der Waals surface area contributed by atoms with E-state index >= 15 is 0 Å². The first-order valence-electron chi connectivity index (χ1n) is 6.09. The molecule has 23 heavy (non-hydrogen) atoms. The number of carboxylic acid groups (broad SMARTS) is 1. The standard InChI is InChI=1S/C14H10ClNO6S/c15-9-1-3-10(4-2-9)23(21,22)13-5-8(7-16-13)11(17)6-12(18)14(19)20/h1-7,16,18H,(H,19,20)/b12-6-. The molecule has 0 fully saturated rings. The van der Waals surface area contributed by atoms with Crippen molar-refractivity contribution in [1.82, 2.24) is 4.98 Å². The number of hydrogen-bond acceptors (Lipinski definition) is 5. The zero-order chi connectivity index (χ0) is 17.2. The van der Waals surface area contributed by atoms with Gasteiger partial charge in [-0.3, -0.25) is 4.79 Å². The van der Waals surface area contributed by atoms with Crippen LogP contribution in [0.4, 0.5) is 0 Å². The summed E-state index contributed by atoms with van der Waals surface area (Å²) in [5, 5.41) is 17.7. The molecule has 0 atom stereocenters. The number of aliphatic hydroxyl groups excluding tert-OH is 1. The lowest BCUT2D eigenvalue weighted by molar-refractivity contribution is -0.135. The fraction of sp³-hybridized carbons (Fsp3) is 0. The number of aromatic amines is 1. The zero-order valence-corrected chi connectivity index (χ0v) is 12.9. The van der Waals surface area contributed by atoms with E-state index in [0.29, 0.717) is 11.1 Å². The SMILES string of the molecule is O=C(O)/C(O)=C/C(=O)c1c[nH]c(S(=O)(=O)c2ccc(Cl)cc2)c1. The summed E-state index contributed by atoms with van der Waals surface area (Å²) in [5.41, 5.74) is -0.106. The normalized spacial score (nSPS) is 12.1. The number of rotatable bonds is 5. The van der Waals surface area contributed by atoms with Crippen LogP contribution in [0, 0.1) is 0 Å². The van der Waals surface area contributed by atoms with Crippen LogP contribution in [0.5, 0.6) is 0 Å². The molecule has 1 heterocycles. The van der Waals surface area contributed by atoms with Gasteiger partial charge in [-0.1, -0.05) is 11.6 Å². The van der Waals surface area contributed by atoms with Gasteiger partial charge in [-0.05, 0) is 30.3 Å². The molecular formula is C14H10ClNO6S. The predicted molar refractivity (Wildman–Crippen MR) is 80.4 cm³/mol. The van der Waals surface area contributed by atoms with E-state index in [-0.39, 0.29) is 15.5 Å². The molecule has 3 N–H and O–H groups in total. The average Bonchev–Trinajstić information content (AvgIpc) is 2.98. The third-order valence-corrected chi connectivity index (χ3v) is 4.80. The Morgan fingerprint density at radius 3 is 2.30 bits per heavy atom. The fourth-order valence-corrected chi connectivity index (χ4v) is 3.05. The van der Waals surface area contributed by atoms with Crippen molar-refractivity contribution in [1.29, 1.82) is 0 Å². The van der Waals surface area contributed by atoms with Gasteiger partial charge in [-0.2, -0.15) is 0 Å². The maximum Gasteiger partial charge on any atom is 0.371 e. The lowest BCUT2D eigenvalue weighted by atomic mass is 10.2. The Bertz CT molecular complexity index is 896. The summed E-state index contributed by atoms with van der Waals surface area (Å²) < 4.78 is 24.7. The maximum absolute atomic E-state index is 12.4. The van der Waals surface area contributed by atoms with E-state index in [2.05, 4.69) is 4.98 Å². The van der Waals surface area contributed by atoms with Crippen LogP contribution in [0.25, 0.3) is 0 Å². The monoisotopic (exact) mass is 355 g/mol. The van der Waals surface area contributed by atoms with Crippen LogP contribution in [-0.4, -0.2) is 35.4 Å². The summed E-state index contributed by atoms with van der Waals surface area (Å²) in [6.45, 7) is 0. The first-order chi connectivity index (χ1) is 10.7. The minimum absolute atomic E-state index is 0.0216. The number of carboxylic acids is 1. The number of H-pyrrole nitrogens is 1.